The number of aldehydes is 1. The summed E-state index contributed by atoms with van der Waals surface area (Å²) in [6, 6.07) is 3.48. The average molecular weight is 375 g/mol. The SMILES string of the molecule is Cc1c(I)cc(C=O)cc1N(C)C(=O)OC(C)(C)C. The van der Waals surface area contributed by atoms with E-state index >= 15 is 0 Å². The van der Waals surface area contributed by atoms with Gasteiger partial charge in [-0.3, -0.25) is 9.69 Å². The third kappa shape index (κ3) is 4.19. The number of hydrogen-bond acceptors (Lipinski definition) is 3. The van der Waals surface area contributed by atoms with Gasteiger partial charge in [0.25, 0.3) is 0 Å². The summed E-state index contributed by atoms with van der Waals surface area (Å²) in [5.41, 5.74) is 1.62. The molecule has 0 spiro atoms. The molecule has 5 heteroatoms. The largest absolute Gasteiger partial charge is 0.443 e. The smallest absolute Gasteiger partial charge is 0.414 e. The molecule has 0 atom stereocenters. The minimum Gasteiger partial charge on any atom is -0.443 e. The summed E-state index contributed by atoms with van der Waals surface area (Å²) in [6.07, 6.45) is 0.336. The molecule has 4 nitrogen and oxygen atoms in total. The lowest BCUT2D eigenvalue weighted by Gasteiger charge is -2.26. The number of halogens is 1. The maximum Gasteiger partial charge on any atom is 0.414 e. The Morgan fingerprint density at radius 1 is 1.37 bits per heavy atom. The number of ether oxygens (including phenoxy) is 1. The second-order valence-electron chi connectivity index (χ2n) is 5.30. The number of anilines is 1. The molecular formula is C14H18INO3. The Labute approximate surface area is 127 Å². The molecule has 0 aliphatic heterocycles. The van der Waals surface area contributed by atoms with Gasteiger partial charge >= 0.3 is 6.09 Å². The van der Waals surface area contributed by atoms with Gasteiger partial charge in [-0.2, -0.15) is 0 Å². The Kier molecular flexibility index (Phi) is 4.95. The maximum absolute atomic E-state index is 12.0. The second kappa shape index (κ2) is 5.90. The van der Waals surface area contributed by atoms with Crippen LogP contribution in [-0.4, -0.2) is 25.0 Å². The molecular weight excluding hydrogens is 357 g/mol. The van der Waals surface area contributed by atoms with Gasteiger partial charge < -0.3 is 4.74 Å². The standard InChI is InChI=1S/C14H18INO3/c1-9-11(15)6-10(8-17)7-12(9)16(5)13(18)19-14(2,3)4/h6-8H,1-5H3. The van der Waals surface area contributed by atoms with Crippen molar-refractivity contribution in [1.29, 1.82) is 0 Å². The van der Waals surface area contributed by atoms with Gasteiger partial charge in [-0.25, -0.2) is 4.79 Å². The lowest BCUT2D eigenvalue weighted by molar-refractivity contribution is 0.0589. The van der Waals surface area contributed by atoms with Crippen LogP contribution in [0.2, 0.25) is 0 Å². The van der Waals surface area contributed by atoms with Gasteiger partial charge in [-0.15, -0.1) is 0 Å². The summed E-state index contributed by atoms with van der Waals surface area (Å²) in [7, 11) is 1.64. The van der Waals surface area contributed by atoms with Crippen LogP contribution in [0.15, 0.2) is 12.1 Å². The van der Waals surface area contributed by atoms with E-state index in [0.717, 1.165) is 15.4 Å². The van der Waals surface area contributed by atoms with Gasteiger partial charge in [0.05, 0.1) is 5.69 Å². The monoisotopic (exact) mass is 375 g/mol. The fourth-order valence-corrected chi connectivity index (χ4v) is 2.17. The molecule has 1 aromatic carbocycles. The summed E-state index contributed by atoms with van der Waals surface area (Å²) in [4.78, 5) is 24.4. The van der Waals surface area contributed by atoms with Gasteiger partial charge in [-0.1, -0.05) is 0 Å². The van der Waals surface area contributed by atoms with Crippen LogP contribution in [0, 0.1) is 10.5 Å². The highest BCUT2D eigenvalue weighted by atomic mass is 127. The molecule has 0 bridgehead atoms. The first-order valence-corrected chi connectivity index (χ1v) is 6.95. The van der Waals surface area contributed by atoms with Crippen LogP contribution in [0.4, 0.5) is 10.5 Å². The van der Waals surface area contributed by atoms with Crippen molar-refractivity contribution in [2.24, 2.45) is 0 Å². The molecule has 19 heavy (non-hydrogen) atoms. The van der Waals surface area contributed by atoms with Gasteiger partial charge in [-0.05, 0) is 68.0 Å². The highest BCUT2D eigenvalue weighted by molar-refractivity contribution is 14.1. The normalized spacial score (nSPS) is 11.1. The Bertz CT molecular complexity index is 506. The number of nitrogens with zero attached hydrogens (tertiary/aromatic N) is 1. The summed E-state index contributed by atoms with van der Waals surface area (Å²) in [6.45, 7) is 7.36. The van der Waals surface area contributed by atoms with E-state index in [0.29, 0.717) is 11.3 Å². The lowest BCUT2D eigenvalue weighted by Crippen LogP contribution is -2.34. The fourth-order valence-electron chi connectivity index (χ4n) is 1.53. The van der Waals surface area contributed by atoms with Crippen LogP contribution in [0.25, 0.3) is 0 Å². The number of carbonyl (C=O) groups is 2. The van der Waals surface area contributed by atoms with Crippen LogP contribution < -0.4 is 4.90 Å². The van der Waals surface area contributed by atoms with Crippen molar-refractivity contribution in [2.45, 2.75) is 33.3 Å². The van der Waals surface area contributed by atoms with E-state index in [1.807, 2.05) is 27.7 Å². The van der Waals surface area contributed by atoms with Gasteiger partial charge in [0.1, 0.15) is 11.9 Å². The second-order valence-corrected chi connectivity index (χ2v) is 6.47. The van der Waals surface area contributed by atoms with E-state index in [9.17, 15) is 9.59 Å². The average Bonchev–Trinajstić information content (AvgIpc) is 2.29. The van der Waals surface area contributed by atoms with Crippen LogP contribution in [0.5, 0.6) is 0 Å². The number of rotatable bonds is 2. The highest BCUT2D eigenvalue weighted by Crippen LogP contribution is 2.26. The Morgan fingerprint density at radius 3 is 2.42 bits per heavy atom. The van der Waals surface area contributed by atoms with E-state index in [4.69, 9.17) is 4.74 Å². The van der Waals surface area contributed by atoms with E-state index < -0.39 is 11.7 Å². The number of carbonyl (C=O) groups excluding carboxylic acids is 2. The first-order valence-electron chi connectivity index (χ1n) is 5.87. The predicted octanol–water partition coefficient (Wildman–Crippen LogP) is 3.78. The predicted molar refractivity (Wildman–Crippen MR) is 83.9 cm³/mol. The summed E-state index contributed by atoms with van der Waals surface area (Å²) < 4.78 is 6.26. The van der Waals surface area contributed by atoms with E-state index in [1.54, 1.807) is 19.2 Å². The Hall–Kier alpha value is -1.11. The first-order chi connectivity index (χ1) is 8.65. The molecule has 0 heterocycles. The molecule has 0 unspecified atom stereocenters. The number of amides is 1. The Balaban J connectivity index is 3.12. The van der Waals surface area contributed by atoms with Gasteiger partial charge in [0.15, 0.2) is 0 Å². The van der Waals surface area contributed by atoms with Crippen molar-refractivity contribution in [3.8, 4) is 0 Å². The molecule has 0 radical (unpaired) electrons. The van der Waals surface area contributed by atoms with E-state index in [-0.39, 0.29) is 0 Å². The van der Waals surface area contributed by atoms with Crippen molar-refractivity contribution < 1.29 is 14.3 Å². The van der Waals surface area contributed by atoms with Crippen LogP contribution >= 0.6 is 22.6 Å². The Morgan fingerprint density at radius 2 is 1.95 bits per heavy atom. The molecule has 1 aromatic rings. The quantitative estimate of drug-likeness (QED) is 0.584. The van der Waals surface area contributed by atoms with Crippen LogP contribution in [0.1, 0.15) is 36.7 Å². The van der Waals surface area contributed by atoms with Gasteiger partial charge in [0, 0.05) is 16.2 Å². The summed E-state index contributed by atoms with van der Waals surface area (Å²) in [5.74, 6) is 0. The lowest BCUT2D eigenvalue weighted by atomic mass is 10.1. The van der Waals surface area contributed by atoms with Crippen molar-refractivity contribution in [3.63, 3.8) is 0 Å². The molecule has 0 fully saturated rings. The molecule has 0 aliphatic carbocycles. The molecule has 1 amide bonds. The number of hydrogen-bond donors (Lipinski definition) is 0. The van der Waals surface area contributed by atoms with Crippen molar-refractivity contribution >= 4 is 40.7 Å². The van der Waals surface area contributed by atoms with Crippen LogP contribution in [-0.2, 0) is 4.74 Å². The maximum atomic E-state index is 12.0. The molecule has 0 N–H and O–H groups in total. The zero-order chi connectivity index (χ0) is 14.8. The highest BCUT2D eigenvalue weighted by Gasteiger charge is 2.22. The molecule has 0 saturated heterocycles. The minimum atomic E-state index is -0.547. The molecule has 104 valence electrons. The zero-order valence-corrected chi connectivity index (χ0v) is 13.9. The molecule has 0 saturated carbocycles. The number of benzene rings is 1. The summed E-state index contributed by atoms with van der Waals surface area (Å²) >= 11 is 2.15. The van der Waals surface area contributed by atoms with E-state index in [1.165, 1.54) is 4.90 Å². The zero-order valence-electron chi connectivity index (χ0n) is 11.8. The van der Waals surface area contributed by atoms with Crippen molar-refractivity contribution in [3.05, 3.63) is 26.8 Å². The molecule has 0 aliphatic rings. The molecule has 1 rings (SSSR count). The minimum absolute atomic E-state index is 0.436. The van der Waals surface area contributed by atoms with E-state index in [2.05, 4.69) is 22.6 Å². The van der Waals surface area contributed by atoms with Crippen LogP contribution in [0.3, 0.4) is 0 Å². The topological polar surface area (TPSA) is 46.6 Å². The fraction of sp³-hybridized carbons (Fsp3) is 0.429. The third-order valence-electron chi connectivity index (χ3n) is 2.50. The molecule has 0 aromatic heterocycles. The van der Waals surface area contributed by atoms with Gasteiger partial charge in [0.2, 0.25) is 0 Å². The first kappa shape index (κ1) is 15.9. The van der Waals surface area contributed by atoms with Crippen molar-refractivity contribution in [1.82, 2.24) is 0 Å². The third-order valence-corrected chi connectivity index (χ3v) is 3.62. The summed E-state index contributed by atoms with van der Waals surface area (Å²) in [5, 5.41) is 0. The van der Waals surface area contributed by atoms with Crippen molar-refractivity contribution in [2.75, 3.05) is 11.9 Å².